The summed E-state index contributed by atoms with van der Waals surface area (Å²) in [6.45, 7) is 3.51. The Morgan fingerprint density at radius 1 is 1.15 bits per heavy atom. The number of aromatic nitrogens is 2. The lowest BCUT2D eigenvalue weighted by Gasteiger charge is -2.11. The van der Waals surface area contributed by atoms with Gasteiger partial charge in [0.2, 0.25) is 5.95 Å². The van der Waals surface area contributed by atoms with Crippen molar-refractivity contribution >= 4 is 28.6 Å². The molecule has 3 N–H and O–H groups in total. The van der Waals surface area contributed by atoms with Gasteiger partial charge >= 0.3 is 0 Å². The van der Waals surface area contributed by atoms with Gasteiger partial charge in [0, 0.05) is 30.4 Å². The molecule has 0 aliphatic rings. The summed E-state index contributed by atoms with van der Waals surface area (Å²) in [5, 5.41) is 4.28. The number of benzene rings is 2. The van der Waals surface area contributed by atoms with Crippen LogP contribution in [0.1, 0.15) is 18.1 Å². The molecule has 0 aliphatic carbocycles. The third kappa shape index (κ3) is 4.65. The number of anilines is 2. The van der Waals surface area contributed by atoms with Gasteiger partial charge in [-0.05, 0) is 56.4 Å². The van der Waals surface area contributed by atoms with E-state index in [0.717, 1.165) is 34.3 Å². The van der Waals surface area contributed by atoms with Crippen LogP contribution in [0.2, 0.25) is 0 Å². The van der Waals surface area contributed by atoms with Crippen molar-refractivity contribution in [3.05, 3.63) is 65.4 Å². The average molecular weight is 347 g/mol. The number of rotatable bonds is 6. The predicted molar refractivity (Wildman–Crippen MR) is 109 cm³/mol. The van der Waals surface area contributed by atoms with Crippen LogP contribution in [0.4, 0.5) is 11.6 Å². The van der Waals surface area contributed by atoms with E-state index in [1.807, 2.05) is 25.3 Å². The van der Waals surface area contributed by atoms with Crippen LogP contribution in [0.15, 0.2) is 54.2 Å². The molecule has 134 valence electrons. The molecular weight excluding hydrogens is 322 g/mol. The highest BCUT2D eigenvalue weighted by molar-refractivity contribution is 5.82. The van der Waals surface area contributed by atoms with Crippen LogP contribution >= 0.6 is 0 Å². The lowest BCUT2D eigenvalue weighted by Crippen LogP contribution is -2.10. The zero-order valence-electron chi connectivity index (χ0n) is 15.5. The van der Waals surface area contributed by atoms with Gasteiger partial charge < -0.3 is 16.0 Å². The van der Waals surface area contributed by atoms with Crippen molar-refractivity contribution in [2.45, 2.75) is 13.5 Å². The van der Waals surface area contributed by atoms with Gasteiger partial charge in [0.1, 0.15) is 0 Å². The van der Waals surface area contributed by atoms with Crippen molar-refractivity contribution in [2.24, 2.45) is 5.73 Å². The molecule has 1 heterocycles. The van der Waals surface area contributed by atoms with Gasteiger partial charge in [0.25, 0.3) is 0 Å². The summed E-state index contributed by atoms with van der Waals surface area (Å²) in [6, 6.07) is 14.5. The highest BCUT2D eigenvalue weighted by atomic mass is 15.1. The summed E-state index contributed by atoms with van der Waals surface area (Å²) in [4.78, 5) is 11.2. The summed E-state index contributed by atoms with van der Waals surface area (Å²) in [7, 11) is 4.13. The zero-order valence-corrected chi connectivity index (χ0v) is 15.5. The first kappa shape index (κ1) is 18.0. The molecule has 0 spiro atoms. The topological polar surface area (TPSA) is 67.1 Å². The first-order chi connectivity index (χ1) is 12.5. The van der Waals surface area contributed by atoms with Crippen LogP contribution in [0.3, 0.4) is 0 Å². The summed E-state index contributed by atoms with van der Waals surface area (Å²) in [6.07, 6.45) is 3.93. The monoisotopic (exact) mass is 347 g/mol. The standard InChI is InChI=1S/C21H25N5/c1-15(12-22)10-17-6-9-20-18(11-17)13-23-21(25-20)24-19-7-4-16(5-8-19)14-26(2)3/h4-11,13H,12,14,22H2,1-3H3,(H,23,24,25)/b15-10+. The Bertz CT molecular complexity index is 913. The molecule has 1 aromatic heterocycles. The number of nitrogens with two attached hydrogens (primary N) is 1. The Labute approximate surface area is 154 Å². The second kappa shape index (κ2) is 8.08. The van der Waals surface area contributed by atoms with E-state index in [1.165, 1.54) is 5.56 Å². The van der Waals surface area contributed by atoms with Crippen LogP contribution < -0.4 is 11.1 Å². The summed E-state index contributed by atoms with van der Waals surface area (Å²) in [5.74, 6) is 0.597. The highest BCUT2D eigenvalue weighted by Crippen LogP contribution is 2.19. The molecule has 0 unspecified atom stereocenters. The van der Waals surface area contributed by atoms with E-state index in [9.17, 15) is 0 Å². The smallest absolute Gasteiger partial charge is 0.227 e. The van der Waals surface area contributed by atoms with Crippen LogP contribution in [0.5, 0.6) is 0 Å². The molecule has 26 heavy (non-hydrogen) atoms. The number of nitrogens with zero attached hydrogens (tertiary/aromatic N) is 3. The second-order valence-electron chi connectivity index (χ2n) is 6.77. The average Bonchev–Trinajstić information content (AvgIpc) is 2.63. The fraction of sp³-hybridized carbons (Fsp3) is 0.238. The van der Waals surface area contributed by atoms with Gasteiger partial charge in [0.15, 0.2) is 0 Å². The quantitative estimate of drug-likeness (QED) is 0.710. The van der Waals surface area contributed by atoms with Gasteiger partial charge in [-0.3, -0.25) is 0 Å². The van der Waals surface area contributed by atoms with E-state index < -0.39 is 0 Å². The maximum atomic E-state index is 5.65. The van der Waals surface area contributed by atoms with Crippen molar-refractivity contribution in [3.63, 3.8) is 0 Å². The fourth-order valence-electron chi connectivity index (χ4n) is 2.73. The van der Waals surface area contributed by atoms with E-state index in [1.54, 1.807) is 0 Å². The van der Waals surface area contributed by atoms with Crippen molar-refractivity contribution in [1.29, 1.82) is 0 Å². The van der Waals surface area contributed by atoms with Gasteiger partial charge in [-0.2, -0.15) is 0 Å². The molecule has 3 aromatic rings. The van der Waals surface area contributed by atoms with E-state index in [2.05, 4.69) is 70.7 Å². The lowest BCUT2D eigenvalue weighted by molar-refractivity contribution is 0.402. The Morgan fingerprint density at radius 3 is 2.62 bits per heavy atom. The maximum Gasteiger partial charge on any atom is 0.227 e. The van der Waals surface area contributed by atoms with Crippen molar-refractivity contribution in [3.8, 4) is 0 Å². The Kier molecular flexibility index (Phi) is 5.61. The molecule has 5 heteroatoms. The molecule has 0 saturated carbocycles. The molecular formula is C21H25N5. The van der Waals surface area contributed by atoms with Crippen molar-refractivity contribution < 1.29 is 0 Å². The minimum absolute atomic E-state index is 0.560. The van der Waals surface area contributed by atoms with Crippen LogP contribution in [-0.4, -0.2) is 35.5 Å². The molecule has 0 saturated heterocycles. The normalized spacial score (nSPS) is 12.0. The molecule has 5 nitrogen and oxygen atoms in total. The van der Waals surface area contributed by atoms with Gasteiger partial charge in [-0.15, -0.1) is 0 Å². The summed E-state index contributed by atoms with van der Waals surface area (Å²) in [5.41, 5.74) is 11.1. The minimum atomic E-state index is 0.560. The van der Waals surface area contributed by atoms with Crippen molar-refractivity contribution in [1.82, 2.24) is 14.9 Å². The van der Waals surface area contributed by atoms with E-state index in [0.29, 0.717) is 12.5 Å². The second-order valence-corrected chi connectivity index (χ2v) is 6.77. The van der Waals surface area contributed by atoms with Crippen molar-refractivity contribution in [2.75, 3.05) is 26.0 Å². The van der Waals surface area contributed by atoms with E-state index in [-0.39, 0.29) is 0 Å². The van der Waals surface area contributed by atoms with Gasteiger partial charge in [0.05, 0.1) is 5.52 Å². The zero-order chi connectivity index (χ0) is 18.5. The Hall–Kier alpha value is -2.76. The van der Waals surface area contributed by atoms with E-state index >= 15 is 0 Å². The molecule has 2 aromatic carbocycles. The van der Waals surface area contributed by atoms with Gasteiger partial charge in [-0.25, -0.2) is 9.97 Å². The summed E-state index contributed by atoms with van der Waals surface area (Å²) < 4.78 is 0. The number of fused-ring (bicyclic) bond motifs is 1. The van der Waals surface area contributed by atoms with Crippen LogP contribution in [-0.2, 0) is 6.54 Å². The predicted octanol–water partition coefficient (Wildman–Crippen LogP) is 3.80. The van der Waals surface area contributed by atoms with Gasteiger partial charge in [-0.1, -0.05) is 29.8 Å². The first-order valence-corrected chi connectivity index (χ1v) is 8.68. The molecule has 0 bridgehead atoms. The lowest BCUT2D eigenvalue weighted by atomic mass is 10.1. The maximum absolute atomic E-state index is 5.65. The third-order valence-electron chi connectivity index (χ3n) is 4.05. The molecule has 0 aliphatic heterocycles. The third-order valence-corrected chi connectivity index (χ3v) is 4.05. The molecule has 3 rings (SSSR count). The highest BCUT2D eigenvalue weighted by Gasteiger charge is 2.03. The van der Waals surface area contributed by atoms with Crippen LogP contribution in [0.25, 0.3) is 17.0 Å². The molecule has 0 amide bonds. The largest absolute Gasteiger partial charge is 0.327 e. The first-order valence-electron chi connectivity index (χ1n) is 8.68. The molecule has 0 radical (unpaired) electrons. The van der Waals surface area contributed by atoms with E-state index in [4.69, 9.17) is 5.73 Å². The number of hydrogen-bond donors (Lipinski definition) is 2. The SMILES string of the molecule is C/C(=C\c1ccc2nc(Nc3ccc(CN(C)C)cc3)ncc2c1)CN. The van der Waals surface area contributed by atoms with Crippen LogP contribution in [0, 0.1) is 0 Å². The molecule has 0 fully saturated rings. The fourth-order valence-corrected chi connectivity index (χ4v) is 2.73. The molecule has 0 atom stereocenters. The summed E-state index contributed by atoms with van der Waals surface area (Å²) >= 11 is 0. The Morgan fingerprint density at radius 2 is 1.92 bits per heavy atom. The number of nitrogens with one attached hydrogen (secondary N) is 1. The minimum Gasteiger partial charge on any atom is -0.327 e. The Balaban J connectivity index is 1.77. The number of hydrogen-bond acceptors (Lipinski definition) is 5.